The monoisotopic (exact) mass is 462 g/mol. The fraction of sp³-hybridized carbons (Fsp3) is 0.290. The summed E-state index contributed by atoms with van der Waals surface area (Å²) in [5.41, 5.74) is 4.98. The zero-order valence-corrected chi connectivity index (χ0v) is 20.5. The van der Waals surface area contributed by atoms with E-state index in [4.69, 9.17) is 0 Å². The van der Waals surface area contributed by atoms with Crippen LogP contribution < -0.4 is 4.90 Å². The van der Waals surface area contributed by atoms with Gasteiger partial charge in [0.15, 0.2) is 0 Å². The van der Waals surface area contributed by atoms with E-state index in [1.807, 2.05) is 12.1 Å². The van der Waals surface area contributed by atoms with Gasteiger partial charge in [-0.1, -0.05) is 74.5 Å². The van der Waals surface area contributed by atoms with Gasteiger partial charge in [-0.05, 0) is 74.5 Å². The van der Waals surface area contributed by atoms with E-state index >= 15 is 0 Å². The predicted octanol–water partition coefficient (Wildman–Crippen LogP) is 5.71. The Hall–Kier alpha value is -3.66. The summed E-state index contributed by atoms with van der Waals surface area (Å²) in [4.78, 5) is 28.1. The molecule has 4 heteroatoms. The van der Waals surface area contributed by atoms with Crippen LogP contribution in [0.1, 0.15) is 36.5 Å². The zero-order valence-electron chi connectivity index (χ0n) is 20.5. The first kappa shape index (κ1) is 21.8. The van der Waals surface area contributed by atoms with Crippen molar-refractivity contribution in [1.29, 1.82) is 0 Å². The first-order chi connectivity index (χ1) is 16.8. The number of hydrogen-bond donors (Lipinski definition) is 0. The number of rotatable bonds is 2. The highest BCUT2D eigenvalue weighted by atomic mass is 16.2. The zero-order chi connectivity index (χ0) is 24.3. The van der Waals surface area contributed by atoms with Crippen LogP contribution in [0.3, 0.4) is 0 Å². The van der Waals surface area contributed by atoms with Gasteiger partial charge in [-0.3, -0.25) is 9.59 Å². The summed E-state index contributed by atoms with van der Waals surface area (Å²) < 4.78 is 0. The molecule has 4 nitrogen and oxygen atoms in total. The molecular weight excluding hydrogens is 432 g/mol. The van der Waals surface area contributed by atoms with Crippen molar-refractivity contribution in [2.75, 3.05) is 25.0 Å². The average Bonchev–Trinajstić information content (AvgIpc) is 2.86. The van der Waals surface area contributed by atoms with Crippen molar-refractivity contribution in [2.45, 2.75) is 32.6 Å². The second-order valence-electron chi connectivity index (χ2n) is 10.8. The van der Waals surface area contributed by atoms with E-state index in [1.165, 1.54) is 43.1 Å². The summed E-state index contributed by atoms with van der Waals surface area (Å²) in [5.74, 6) is -0.554. The van der Waals surface area contributed by atoms with Crippen LogP contribution in [-0.4, -0.2) is 36.9 Å². The number of anilines is 1. The molecule has 1 atom stereocenters. The normalized spacial score (nSPS) is 19.9. The molecule has 6 rings (SSSR count). The highest BCUT2D eigenvalue weighted by Gasteiger charge is 2.37. The van der Waals surface area contributed by atoms with Crippen LogP contribution in [0.2, 0.25) is 0 Å². The number of benzene rings is 4. The van der Waals surface area contributed by atoms with Crippen molar-refractivity contribution in [3.8, 4) is 0 Å². The second kappa shape index (κ2) is 7.94. The molecule has 0 N–H and O–H groups in total. The van der Waals surface area contributed by atoms with Gasteiger partial charge < -0.3 is 9.80 Å². The van der Waals surface area contributed by atoms with Gasteiger partial charge in [0.05, 0.1) is 0 Å². The number of piperazine rings is 1. The molecule has 2 aliphatic rings. The van der Waals surface area contributed by atoms with E-state index in [-0.39, 0.29) is 5.41 Å². The number of likely N-dealkylation sites (N-methyl/N-ethyl adjacent to an activating group) is 1. The summed E-state index contributed by atoms with van der Waals surface area (Å²) in [6, 6.07) is 26.0. The van der Waals surface area contributed by atoms with Gasteiger partial charge in [0.1, 0.15) is 0 Å². The van der Waals surface area contributed by atoms with Crippen LogP contribution >= 0.6 is 0 Å². The maximum absolute atomic E-state index is 12.7. The Morgan fingerprint density at radius 2 is 1.60 bits per heavy atom. The van der Waals surface area contributed by atoms with E-state index in [0.717, 1.165) is 18.5 Å². The molecule has 1 unspecified atom stereocenters. The molecule has 0 spiro atoms. The standard InChI is InChI=1S/C31H30N2O2/c1-31(2)19-27-21(12-14-25-24-10-5-4-7-20(24)11-13-26(25)27)18-28(31)22-8-6-9-23(17-22)33-16-15-32(3)29(34)30(33)35/h4-14,17,28H,15-16,18-19H2,1-3H3. The number of carbonyl (C=O) groups is 2. The second-order valence-corrected chi connectivity index (χ2v) is 10.8. The van der Waals surface area contributed by atoms with E-state index in [1.54, 1.807) is 11.9 Å². The third kappa shape index (κ3) is 3.51. The van der Waals surface area contributed by atoms with E-state index in [0.29, 0.717) is 19.0 Å². The molecule has 4 aromatic carbocycles. The molecule has 1 saturated heterocycles. The smallest absolute Gasteiger partial charge is 0.316 e. The Labute approximate surface area is 206 Å². The Kier molecular flexibility index (Phi) is 4.96. The molecule has 1 aliphatic carbocycles. The van der Waals surface area contributed by atoms with Crippen LogP contribution in [0, 0.1) is 5.41 Å². The van der Waals surface area contributed by atoms with Crippen LogP contribution in [0.4, 0.5) is 5.69 Å². The van der Waals surface area contributed by atoms with Crippen LogP contribution in [0.5, 0.6) is 0 Å². The number of nitrogens with zero attached hydrogens (tertiary/aromatic N) is 2. The Bertz CT molecular complexity index is 1500. The van der Waals surface area contributed by atoms with Gasteiger partial charge in [0.2, 0.25) is 0 Å². The molecular formula is C31H30N2O2. The van der Waals surface area contributed by atoms with E-state index in [9.17, 15) is 9.59 Å². The van der Waals surface area contributed by atoms with E-state index in [2.05, 4.69) is 74.5 Å². The Morgan fingerprint density at radius 3 is 2.46 bits per heavy atom. The highest BCUT2D eigenvalue weighted by molar-refractivity contribution is 6.40. The molecule has 2 amide bonds. The van der Waals surface area contributed by atoms with Crippen molar-refractivity contribution in [1.82, 2.24) is 4.90 Å². The number of hydrogen-bond acceptors (Lipinski definition) is 2. The Morgan fingerprint density at radius 1 is 0.800 bits per heavy atom. The van der Waals surface area contributed by atoms with Crippen molar-refractivity contribution < 1.29 is 9.59 Å². The van der Waals surface area contributed by atoms with Gasteiger partial charge in [-0.15, -0.1) is 0 Å². The largest absolute Gasteiger partial charge is 0.336 e. The van der Waals surface area contributed by atoms with Gasteiger partial charge in [-0.2, -0.15) is 0 Å². The third-order valence-corrected chi connectivity index (χ3v) is 8.15. The summed E-state index contributed by atoms with van der Waals surface area (Å²) in [6.45, 7) is 5.80. The van der Waals surface area contributed by atoms with Crippen molar-refractivity contribution in [2.24, 2.45) is 5.41 Å². The van der Waals surface area contributed by atoms with Gasteiger partial charge in [-0.25, -0.2) is 0 Å². The minimum Gasteiger partial charge on any atom is -0.336 e. The Balaban J connectivity index is 1.39. The lowest BCUT2D eigenvalue weighted by molar-refractivity contribution is -0.145. The molecule has 176 valence electrons. The number of carbonyl (C=O) groups excluding carboxylic acids is 2. The van der Waals surface area contributed by atoms with Crippen LogP contribution in [0.15, 0.2) is 72.8 Å². The lowest BCUT2D eigenvalue weighted by Crippen LogP contribution is -2.53. The topological polar surface area (TPSA) is 40.6 Å². The van der Waals surface area contributed by atoms with Crippen molar-refractivity contribution in [3.63, 3.8) is 0 Å². The summed E-state index contributed by atoms with van der Waals surface area (Å²) in [5, 5.41) is 5.29. The van der Waals surface area contributed by atoms with Crippen LogP contribution in [0.25, 0.3) is 21.5 Å². The molecule has 0 radical (unpaired) electrons. The quantitative estimate of drug-likeness (QED) is 0.283. The molecule has 1 fully saturated rings. The predicted molar refractivity (Wildman–Crippen MR) is 142 cm³/mol. The molecule has 0 bridgehead atoms. The minimum absolute atomic E-state index is 0.0491. The third-order valence-electron chi connectivity index (χ3n) is 8.15. The molecule has 4 aromatic rings. The van der Waals surface area contributed by atoms with Gasteiger partial charge >= 0.3 is 11.8 Å². The summed E-state index contributed by atoms with van der Waals surface area (Å²) in [6.07, 6.45) is 1.96. The van der Waals surface area contributed by atoms with Gasteiger partial charge in [0.25, 0.3) is 0 Å². The SMILES string of the molecule is CN1CCN(c2cccc(C3Cc4ccc5c(ccc6ccccc65)c4CC3(C)C)c2)C(=O)C1=O. The number of amides is 2. The molecule has 1 aliphatic heterocycles. The fourth-order valence-corrected chi connectivity index (χ4v) is 6.13. The maximum atomic E-state index is 12.7. The molecule has 0 aromatic heterocycles. The lowest BCUT2D eigenvalue weighted by atomic mass is 9.63. The van der Waals surface area contributed by atoms with Crippen LogP contribution in [-0.2, 0) is 22.4 Å². The summed E-state index contributed by atoms with van der Waals surface area (Å²) in [7, 11) is 1.68. The van der Waals surface area contributed by atoms with Crippen molar-refractivity contribution in [3.05, 3.63) is 89.5 Å². The molecule has 0 saturated carbocycles. The average molecular weight is 463 g/mol. The highest BCUT2D eigenvalue weighted by Crippen LogP contribution is 2.48. The lowest BCUT2D eigenvalue weighted by Gasteiger charge is -2.41. The minimum atomic E-state index is -0.442. The molecule has 35 heavy (non-hydrogen) atoms. The molecule has 1 heterocycles. The maximum Gasteiger partial charge on any atom is 0.316 e. The first-order valence-corrected chi connectivity index (χ1v) is 12.4. The first-order valence-electron chi connectivity index (χ1n) is 12.4. The van der Waals surface area contributed by atoms with Gasteiger partial charge in [0, 0.05) is 25.8 Å². The summed E-state index contributed by atoms with van der Waals surface area (Å²) >= 11 is 0. The van der Waals surface area contributed by atoms with Crippen molar-refractivity contribution >= 4 is 39.0 Å². The number of fused-ring (bicyclic) bond motifs is 5. The van der Waals surface area contributed by atoms with E-state index < -0.39 is 11.8 Å². The fourth-order valence-electron chi connectivity index (χ4n) is 6.13.